The van der Waals surface area contributed by atoms with E-state index < -0.39 is 0 Å². The normalized spacial score (nSPS) is 25.8. The van der Waals surface area contributed by atoms with E-state index >= 15 is 0 Å². The minimum Gasteiger partial charge on any atom is -0.382 e. The molecule has 0 bridgehead atoms. The SMILES string of the molecule is COCCOCCCOC1CCCCCC1N. The summed E-state index contributed by atoms with van der Waals surface area (Å²) < 4.78 is 16.1. The van der Waals surface area contributed by atoms with Crippen LogP contribution in [0.4, 0.5) is 0 Å². The molecule has 0 amide bonds. The van der Waals surface area contributed by atoms with E-state index in [0.717, 1.165) is 32.5 Å². The van der Waals surface area contributed by atoms with Crippen molar-refractivity contribution in [3.63, 3.8) is 0 Å². The Morgan fingerprint density at radius 2 is 1.82 bits per heavy atom. The lowest BCUT2D eigenvalue weighted by Crippen LogP contribution is -2.36. The van der Waals surface area contributed by atoms with Crippen molar-refractivity contribution in [2.45, 2.75) is 50.7 Å². The molecule has 1 saturated carbocycles. The van der Waals surface area contributed by atoms with E-state index in [1.807, 2.05) is 0 Å². The van der Waals surface area contributed by atoms with Crippen LogP contribution in [-0.4, -0.2) is 45.7 Å². The topological polar surface area (TPSA) is 53.7 Å². The maximum absolute atomic E-state index is 6.09. The first-order chi connectivity index (χ1) is 8.34. The molecule has 4 heteroatoms. The van der Waals surface area contributed by atoms with Crippen LogP contribution in [0.3, 0.4) is 0 Å². The minimum absolute atomic E-state index is 0.229. The van der Waals surface area contributed by atoms with Crippen molar-refractivity contribution in [2.24, 2.45) is 5.73 Å². The molecule has 0 saturated heterocycles. The zero-order valence-electron chi connectivity index (χ0n) is 11.0. The summed E-state index contributed by atoms with van der Waals surface area (Å²) in [4.78, 5) is 0. The summed E-state index contributed by atoms with van der Waals surface area (Å²) in [5.41, 5.74) is 6.09. The summed E-state index contributed by atoms with van der Waals surface area (Å²) in [7, 11) is 1.68. The lowest BCUT2D eigenvalue weighted by atomic mass is 10.1. The van der Waals surface area contributed by atoms with Gasteiger partial charge in [-0.25, -0.2) is 0 Å². The van der Waals surface area contributed by atoms with Crippen molar-refractivity contribution in [1.82, 2.24) is 0 Å². The van der Waals surface area contributed by atoms with Gasteiger partial charge in [0.15, 0.2) is 0 Å². The molecule has 0 aliphatic heterocycles. The zero-order chi connectivity index (χ0) is 12.3. The molecule has 2 atom stereocenters. The largest absolute Gasteiger partial charge is 0.382 e. The molecular weight excluding hydrogens is 218 g/mol. The standard InChI is InChI=1S/C13H27NO3/c1-15-10-11-16-8-5-9-17-13-7-4-2-3-6-12(13)14/h12-13H,2-11,14H2,1H3. The molecule has 2 unspecified atom stereocenters. The molecule has 1 rings (SSSR count). The lowest BCUT2D eigenvalue weighted by molar-refractivity contribution is 0.0102. The quantitative estimate of drug-likeness (QED) is 0.522. The third kappa shape index (κ3) is 6.99. The second-order valence-electron chi connectivity index (χ2n) is 4.67. The molecule has 0 aromatic rings. The number of hydrogen-bond donors (Lipinski definition) is 1. The second-order valence-corrected chi connectivity index (χ2v) is 4.67. The first kappa shape index (κ1) is 14.9. The Morgan fingerprint density at radius 3 is 2.65 bits per heavy atom. The van der Waals surface area contributed by atoms with Crippen LogP contribution in [0.5, 0.6) is 0 Å². The van der Waals surface area contributed by atoms with Gasteiger partial charge in [0.2, 0.25) is 0 Å². The second kappa shape index (κ2) is 9.83. The lowest BCUT2D eigenvalue weighted by Gasteiger charge is -2.21. The van der Waals surface area contributed by atoms with E-state index in [2.05, 4.69) is 0 Å². The highest BCUT2D eigenvalue weighted by atomic mass is 16.5. The van der Waals surface area contributed by atoms with Gasteiger partial charge in [0.25, 0.3) is 0 Å². The van der Waals surface area contributed by atoms with E-state index in [-0.39, 0.29) is 12.1 Å². The molecule has 1 fully saturated rings. The van der Waals surface area contributed by atoms with Gasteiger partial charge in [0, 0.05) is 26.4 Å². The van der Waals surface area contributed by atoms with Gasteiger partial charge in [-0.1, -0.05) is 19.3 Å². The summed E-state index contributed by atoms with van der Waals surface area (Å²) in [6.45, 7) is 2.82. The summed E-state index contributed by atoms with van der Waals surface area (Å²) in [6, 6.07) is 0.229. The Labute approximate surface area is 105 Å². The Morgan fingerprint density at radius 1 is 1.00 bits per heavy atom. The van der Waals surface area contributed by atoms with Crippen LogP contribution in [-0.2, 0) is 14.2 Å². The van der Waals surface area contributed by atoms with Gasteiger partial charge in [-0.05, 0) is 19.3 Å². The van der Waals surface area contributed by atoms with E-state index in [0.29, 0.717) is 13.2 Å². The predicted octanol–water partition coefficient (Wildman–Crippen LogP) is 1.72. The molecule has 4 nitrogen and oxygen atoms in total. The van der Waals surface area contributed by atoms with Crippen molar-refractivity contribution < 1.29 is 14.2 Å². The fourth-order valence-electron chi connectivity index (χ4n) is 2.15. The molecule has 0 aromatic carbocycles. The van der Waals surface area contributed by atoms with Gasteiger partial charge >= 0.3 is 0 Å². The first-order valence-electron chi connectivity index (χ1n) is 6.78. The van der Waals surface area contributed by atoms with Crippen LogP contribution < -0.4 is 5.73 Å². The smallest absolute Gasteiger partial charge is 0.0725 e. The van der Waals surface area contributed by atoms with Crippen molar-refractivity contribution in [2.75, 3.05) is 33.5 Å². The summed E-state index contributed by atoms with van der Waals surface area (Å²) in [6.07, 6.45) is 7.22. The fourth-order valence-corrected chi connectivity index (χ4v) is 2.15. The maximum Gasteiger partial charge on any atom is 0.0725 e. The number of nitrogens with two attached hydrogens (primary N) is 1. The van der Waals surface area contributed by atoms with Gasteiger partial charge in [-0.3, -0.25) is 0 Å². The highest BCUT2D eigenvalue weighted by Gasteiger charge is 2.20. The average molecular weight is 245 g/mol. The molecule has 1 aliphatic rings. The van der Waals surface area contributed by atoms with Gasteiger partial charge in [-0.15, -0.1) is 0 Å². The van der Waals surface area contributed by atoms with Crippen LogP contribution >= 0.6 is 0 Å². The van der Waals surface area contributed by atoms with Crippen LogP contribution in [0.2, 0.25) is 0 Å². The highest BCUT2D eigenvalue weighted by molar-refractivity contribution is 4.76. The van der Waals surface area contributed by atoms with E-state index in [1.165, 1.54) is 19.3 Å². The van der Waals surface area contributed by atoms with Gasteiger partial charge < -0.3 is 19.9 Å². The van der Waals surface area contributed by atoms with Crippen LogP contribution in [0, 0.1) is 0 Å². The van der Waals surface area contributed by atoms with E-state index in [4.69, 9.17) is 19.9 Å². The molecule has 102 valence electrons. The third-order valence-electron chi connectivity index (χ3n) is 3.20. The Kier molecular flexibility index (Phi) is 8.61. The molecule has 0 spiro atoms. The van der Waals surface area contributed by atoms with E-state index in [1.54, 1.807) is 7.11 Å². The minimum atomic E-state index is 0.229. The van der Waals surface area contributed by atoms with Gasteiger partial charge in [0.05, 0.1) is 19.3 Å². The van der Waals surface area contributed by atoms with Crippen molar-refractivity contribution in [3.8, 4) is 0 Å². The van der Waals surface area contributed by atoms with Crippen LogP contribution in [0.15, 0.2) is 0 Å². The van der Waals surface area contributed by atoms with Crippen molar-refractivity contribution in [3.05, 3.63) is 0 Å². The number of ether oxygens (including phenoxy) is 3. The molecule has 0 heterocycles. The molecule has 0 radical (unpaired) electrons. The summed E-state index contributed by atoms with van der Waals surface area (Å²) >= 11 is 0. The monoisotopic (exact) mass is 245 g/mol. The highest BCUT2D eigenvalue weighted by Crippen LogP contribution is 2.19. The van der Waals surface area contributed by atoms with Gasteiger partial charge in [0.1, 0.15) is 0 Å². The Bertz CT molecular complexity index is 178. The van der Waals surface area contributed by atoms with E-state index in [9.17, 15) is 0 Å². The van der Waals surface area contributed by atoms with Crippen LogP contribution in [0.25, 0.3) is 0 Å². The Balaban J connectivity index is 1.97. The number of methoxy groups -OCH3 is 1. The first-order valence-corrected chi connectivity index (χ1v) is 6.78. The molecule has 0 aromatic heterocycles. The van der Waals surface area contributed by atoms with Crippen LogP contribution in [0.1, 0.15) is 38.5 Å². The summed E-state index contributed by atoms with van der Waals surface area (Å²) in [5, 5.41) is 0. The molecular formula is C13H27NO3. The average Bonchev–Trinajstić information content (AvgIpc) is 2.53. The molecule has 17 heavy (non-hydrogen) atoms. The van der Waals surface area contributed by atoms with Crippen molar-refractivity contribution in [1.29, 1.82) is 0 Å². The number of hydrogen-bond acceptors (Lipinski definition) is 4. The zero-order valence-corrected chi connectivity index (χ0v) is 11.0. The summed E-state index contributed by atoms with van der Waals surface area (Å²) in [5.74, 6) is 0. The number of rotatable bonds is 8. The third-order valence-corrected chi connectivity index (χ3v) is 3.20. The maximum atomic E-state index is 6.09. The predicted molar refractivity (Wildman–Crippen MR) is 68.1 cm³/mol. The molecule has 1 aliphatic carbocycles. The van der Waals surface area contributed by atoms with Gasteiger partial charge in [-0.2, -0.15) is 0 Å². The molecule has 2 N–H and O–H groups in total. The Hall–Kier alpha value is -0.160. The fraction of sp³-hybridized carbons (Fsp3) is 1.00. The van der Waals surface area contributed by atoms with Crippen molar-refractivity contribution >= 4 is 0 Å².